The number of halogens is 3. The van der Waals surface area contributed by atoms with Gasteiger partial charge < -0.3 is 16.4 Å². The highest BCUT2D eigenvalue weighted by Crippen LogP contribution is 2.32. The van der Waals surface area contributed by atoms with Gasteiger partial charge in [0.2, 0.25) is 0 Å². The Morgan fingerprint density at radius 2 is 1.97 bits per heavy atom. The van der Waals surface area contributed by atoms with Crippen molar-refractivity contribution in [1.82, 2.24) is 29.5 Å². The molecule has 1 saturated carbocycles. The third-order valence-electron chi connectivity index (χ3n) is 6.18. The van der Waals surface area contributed by atoms with Crippen molar-refractivity contribution in [2.45, 2.75) is 64.0 Å². The maximum absolute atomic E-state index is 12.8. The molecule has 1 aliphatic carbocycles. The smallest absolute Gasteiger partial charge is 0.382 e. The van der Waals surface area contributed by atoms with Crippen molar-refractivity contribution in [3.8, 4) is 11.3 Å². The first kappa shape index (κ1) is 24.0. The standard InChI is InChI=1S/C24H28F3N9/c1-14(2)36-23-15(11-30-36)3-6-21(33-23)32-22-10-20(31-17-5-4-16(28)9-17)18(12-29-22)19-7-8-35(34-19)13-24(25,26)27/h3,6-8,10-12,14,16-17H,4-5,9,13,28H2,1-2H3,(H2,29,31,32,33)/t16-,17+/m1/s1. The van der Waals surface area contributed by atoms with Gasteiger partial charge in [-0.05, 0) is 51.3 Å². The third kappa shape index (κ3) is 5.27. The summed E-state index contributed by atoms with van der Waals surface area (Å²) in [5.74, 6) is 1.15. The quantitative estimate of drug-likeness (QED) is 0.333. The predicted molar refractivity (Wildman–Crippen MR) is 132 cm³/mol. The molecule has 0 aliphatic heterocycles. The highest BCUT2D eigenvalue weighted by molar-refractivity contribution is 5.80. The Bertz CT molecular complexity index is 1360. The molecular weight excluding hydrogens is 471 g/mol. The summed E-state index contributed by atoms with van der Waals surface area (Å²) in [6.45, 7) is 2.93. The van der Waals surface area contributed by atoms with E-state index in [1.807, 2.05) is 36.7 Å². The van der Waals surface area contributed by atoms with Gasteiger partial charge in [-0.25, -0.2) is 14.6 Å². The number of nitrogens with two attached hydrogens (primary N) is 1. The number of rotatable bonds is 7. The lowest BCUT2D eigenvalue weighted by molar-refractivity contribution is -0.142. The van der Waals surface area contributed by atoms with Crippen LogP contribution in [0, 0.1) is 0 Å². The Morgan fingerprint density at radius 3 is 2.69 bits per heavy atom. The van der Waals surface area contributed by atoms with E-state index in [4.69, 9.17) is 10.7 Å². The summed E-state index contributed by atoms with van der Waals surface area (Å²) in [4.78, 5) is 9.20. The van der Waals surface area contributed by atoms with Crippen molar-refractivity contribution in [2.24, 2.45) is 5.73 Å². The molecule has 12 heteroatoms. The van der Waals surface area contributed by atoms with Gasteiger partial charge in [0.15, 0.2) is 5.65 Å². The van der Waals surface area contributed by atoms with Gasteiger partial charge >= 0.3 is 6.18 Å². The van der Waals surface area contributed by atoms with Crippen molar-refractivity contribution in [2.75, 3.05) is 10.6 Å². The van der Waals surface area contributed by atoms with Crippen LogP contribution >= 0.6 is 0 Å². The summed E-state index contributed by atoms with van der Waals surface area (Å²) in [6.07, 6.45) is 2.99. The van der Waals surface area contributed by atoms with E-state index < -0.39 is 12.7 Å². The molecule has 0 bridgehead atoms. The molecule has 4 N–H and O–H groups in total. The number of nitrogens with zero attached hydrogens (tertiary/aromatic N) is 6. The van der Waals surface area contributed by atoms with Crippen LogP contribution in [0.3, 0.4) is 0 Å². The van der Waals surface area contributed by atoms with E-state index in [-0.39, 0.29) is 18.1 Å². The van der Waals surface area contributed by atoms with Gasteiger partial charge in [-0.2, -0.15) is 23.4 Å². The van der Waals surface area contributed by atoms with Gasteiger partial charge in [0, 0.05) is 53.2 Å². The molecule has 0 unspecified atom stereocenters. The Labute approximate surface area is 205 Å². The molecule has 4 heterocycles. The van der Waals surface area contributed by atoms with E-state index in [9.17, 15) is 13.2 Å². The van der Waals surface area contributed by atoms with Crippen LogP contribution in [0.2, 0.25) is 0 Å². The van der Waals surface area contributed by atoms with E-state index >= 15 is 0 Å². The fraction of sp³-hybridized carbons (Fsp3) is 0.417. The fourth-order valence-electron chi connectivity index (χ4n) is 4.49. The lowest BCUT2D eigenvalue weighted by Crippen LogP contribution is -2.21. The Morgan fingerprint density at radius 1 is 1.14 bits per heavy atom. The minimum Gasteiger partial charge on any atom is -0.382 e. The van der Waals surface area contributed by atoms with E-state index in [1.54, 1.807) is 18.5 Å². The second-order valence-corrected chi connectivity index (χ2v) is 9.46. The first-order valence-corrected chi connectivity index (χ1v) is 11.9. The molecule has 1 fully saturated rings. The van der Waals surface area contributed by atoms with Gasteiger partial charge in [0.25, 0.3) is 0 Å². The summed E-state index contributed by atoms with van der Waals surface area (Å²) in [5, 5.41) is 16.2. The SMILES string of the molecule is CC(C)n1ncc2ccc(Nc3cc(N[C@H]4CC[C@@H](N)C4)c(-c4ccn(CC(F)(F)F)n4)cn3)nc21. The average molecular weight is 500 g/mol. The van der Waals surface area contributed by atoms with Crippen molar-refractivity contribution in [1.29, 1.82) is 0 Å². The number of hydrogen-bond donors (Lipinski definition) is 3. The molecule has 2 atom stereocenters. The van der Waals surface area contributed by atoms with Crippen molar-refractivity contribution in [3.05, 3.63) is 42.9 Å². The molecule has 0 saturated heterocycles. The second-order valence-electron chi connectivity index (χ2n) is 9.46. The zero-order chi connectivity index (χ0) is 25.4. The summed E-state index contributed by atoms with van der Waals surface area (Å²) in [5.41, 5.74) is 8.59. The molecule has 0 amide bonds. The van der Waals surface area contributed by atoms with Crippen LogP contribution in [0.4, 0.5) is 30.5 Å². The Kier molecular flexibility index (Phi) is 6.29. The molecule has 0 radical (unpaired) electrons. The zero-order valence-electron chi connectivity index (χ0n) is 20.0. The molecule has 4 aromatic heterocycles. The predicted octanol–water partition coefficient (Wildman–Crippen LogP) is 4.87. The minimum absolute atomic E-state index is 0.123. The molecule has 190 valence electrons. The first-order chi connectivity index (χ1) is 17.1. The topological polar surface area (TPSA) is 112 Å². The first-order valence-electron chi connectivity index (χ1n) is 11.9. The highest BCUT2D eigenvalue weighted by atomic mass is 19.4. The van der Waals surface area contributed by atoms with Crippen LogP contribution in [-0.4, -0.2) is 47.8 Å². The number of anilines is 3. The number of aromatic nitrogens is 6. The highest BCUT2D eigenvalue weighted by Gasteiger charge is 2.29. The van der Waals surface area contributed by atoms with E-state index in [0.29, 0.717) is 22.9 Å². The van der Waals surface area contributed by atoms with Gasteiger partial charge in [0.1, 0.15) is 18.2 Å². The maximum Gasteiger partial charge on any atom is 0.408 e. The van der Waals surface area contributed by atoms with Crippen LogP contribution in [0.1, 0.15) is 39.2 Å². The average Bonchev–Trinajstić information content (AvgIpc) is 3.53. The summed E-state index contributed by atoms with van der Waals surface area (Å²) in [6, 6.07) is 7.62. The zero-order valence-corrected chi connectivity index (χ0v) is 20.0. The monoisotopic (exact) mass is 499 g/mol. The summed E-state index contributed by atoms with van der Waals surface area (Å²) < 4.78 is 41.2. The number of fused-ring (bicyclic) bond motifs is 1. The van der Waals surface area contributed by atoms with Crippen molar-refractivity contribution < 1.29 is 13.2 Å². The van der Waals surface area contributed by atoms with Gasteiger partial charge in [-0.15, -0.1) is 0 Å². The minimum atomic E-state index is -4.35. The molecule has 0 spiro atoms. The lowest BCUT2D eigenvalue weighted by atomic mass is 10.1. The van der Waals surface area contributed by atoms with E-state index in [2.05, 4.69) is 25.8 Å². The molecule has 4 aromatic rings. The van der Waals surface area contributed by atoms with Gasteiger partial charge in [-0.3, -0.25) is 4.68 Å². The summed E-state index contributed by atoms with van der Waals surface area (Å²) >= 11 is 0. The second kappa shape index (κ2) is 9.41. The number of alkyl halides is 3. The molecule has 9 nitrogen and oxygen atoms in total. The van der Waals surface area contributed by atoms with Crippen LogP contribution in [0.15, 0.2) is 42.9 Å². The molecular formula is C24H28F3N9. The van der Waals surface area contributed by atoms with Crippen LogP contribution < -0.4 is 16.4 Å². The number of hydrogen-bond acceptors (Lipinski definition) is 7. The van der Waals surface area contributed by atoms with E-state index in [0.717, 1.165) is 40.7 Å². The maximum atomic E-state index is 12.8. The van der Waals surface area contributed by atoms with Crippen LogP contribution in [0.5, 0.6) is 0 Å². The van der Waals surface area contributed by atoms with Crippen molar-refractivity contribution >= 4 is 28.4 Å². The third-order valence-corrected chi connectivity index (χ3v) is 6.18. The van der Waals surface area contributed by atoms with E-state index in [1.165, 1.54) is 6.20 Å². The largest absolute Gasteiger partial charge is 0.408 e. The molecule has 5 rings (SSSR count). The fourth-order valence-corrected chi connectivity index (χ4v) is 4.49. The summed E-state index contributed by atoms with van der Waals surface area (Å²) in [7, 11) is 0. The molecule has 36 heavy (non-hydrogen) atoms. The van der Waals surface area contributed by atoms with Crippen LogP contribution in [-0.2, 0) is 6.54 Å². The lowest BCUT2D eigenvalue weighted by Gasteiger charge is -2.18. The van der Waals surface area contributed by atoms with Crippen molar-refractivity contribution in [3.63, 3.8) is 0 Å². The molecule has 0 aromatic carbocycles. The number of nitrogens with one attached hydrogen (secondary N) is 2. The van der Waals surface area contributed by atoms with Gasteiger partial charge in [-0.1, -0.05) is 0 Å². The Balaban J connectivity index is 1.45. The normalized spacial score (nSPS) is 18.3. The molecule has 1 aliphatic rings. The van der Waals surface area contributed by atoms with Gasteiger partial charge in [0.05, 0.1) is 11.9 Å². The van der Waals surface area contributed by atoms with Crippen LogP contribution in [0.25, 0.3) is 22.3 Å². The Hall–Kier alpha value is -3.67. The number of pyridine rings is 2.